The van der Waals surface area contributed by atoms with E-state index in [0.29, 0.717) is 25.9 Å². The third-order valence-electron chi connectivity index (χ3n) is 4.40. The maximum atomic E-state index is 12.4. The normalized spacial score (nSPS) is 19.1. The average Bonchev–Trinajstić information content (AvgIpc) is 2.68. The van der Waals surface area contributed by atoms with Crippen molar-refractivity contribution in [2.75, 3.05) is 19.3 Å². The molecule has 7 nitrogen and oxygen atoms in total. The lowest BCUT2D eigenvalue weighted by Gasteiger charge is -2.32. The molecule has 1 atom stereocenters. The molecule has 1 amide bonds. The van der Waals surface area contributed by atoms with Gasteiger partial charge in [-0.25, -0.2) is 13.1 Å². The second-order valence-corrected chi connectivity index (χ2v) is 8.12. The summed E-state index contributed by atoms with van der Waals surface area (Å²) >= 11 is 0. The molecule has 1 saturated heterocycles. The number of sulfonamides is 1. The molecule has 1 aromatic heterocycles. The van der Waals surface area contributed by atoms with Crippen molar-refractivity contribution in [2.24, 2.45) is 7.05 Å². The molecule has 2 rings (SSSR count). The van der Waals surface area contributed by atoms with Gasteiger partial charge in [0.25, 0.3) is 0 Å². The quantitative estimate of drug-likeness (QED) is 0.845. The van der Waals surface area contributed by atoms with Crippen LogP contribution in [0.4, 0.5) is 0 Å². The van der Waals surface area contributed by atoms with Crippen molar-refractivity contribution in [3.8, 4) is 0 Å². The fraction of sp³-hybridized carbons (Fsp3) is 0.733. The first-order valence-electron chi connectivity index (χ1n) is 7.91. The number of amides is 1. The molecule has 8 heteroatoms. The molecule has 1 N–H and O–H groups in total. The Labute approximate surface area is 138 Å². The van der Waals surface area contributed by atoms with Crippen LogP contribution < -0.4 is 4.72 Å². The summed E-state index contributed by atoms with van der Waals surface area (Å²) in [5.74, 6) is 0.0765. The van der Waals surface area contributed by atoms with Gasteiger partial charge in [0.2, 0.25) is 15.9 Å². The number of aromatic nitrogens is 2. The number of hydrogen-bond acceptors (Lipinski definition) is 4. The first kappa shape index (κ1) is 17.9. The Bertz CT molecular complexity index is 681. The van der Waals surface area contributed by atoms with Gasteiger partial charge < -0.3 is 4.90 Å². The Hall–Kier alpha value is -1.41. The van der Waals surface area contributed by atoms with Gasteiger partial charge in [-0.05, 0) is 38.7 Å². The molecule has 1 aliphatic heterocycles. The number of likely N-dealkylation sites (tertiary alicyclic amines) is 1. The number of nitrogens with one attached hydrogen (secondary N) is 1. The van der Waals surface area contributed by atoms with Crippen LogP contribution in [-0.4, -0.2) is 54.4 Å². The molecule has 0 radical (unpaired) electrons. The van der Waals surface area contributed by atoms with E-state index < -0.39 is 10.0 Å². The van der Waals surface area contributed by atoms with Gasteiger partial charge in [0, 0.05) is 38.3 Å². The van der Waals surface area contributed by atoms with Crippen LogP contribution in [0.25, 0.3) is 0 Å². The fourth-order valence-corrected chi connectivity index (χ4v) is 3.97. The third-order valence-corrected chi connectivity index (χ3v) is 5.16. The maximum Gasteiger partial charge on any atom is 0.222 e. The van der Waals surface area contributed by atoms with Crippen molar-refractivity contribution < 1.29 is 13.2 Å². The van der Waals surface area contributed by atoms with Crippen LogP contribution in [0.5, 0.6) is 0 Å². The van der Waals surface area contributed by atoms with Gasteiger partial charge in [0.15, 0.2) is 0 Å². The summed E-state index contributed by atoms with van der Waals surface area (Å²) in [7, 11) is -1.33. The van der Waals surface area contributed by atoms with Crippen LogP contribution in [0.2, 0.25) is 0 Å². The SMILES string of the molecule is Cc1nn(C)c(C)c1CCC(=O)N1CCC[C@@H](NS(C)(=O)=O)C1. The van der Waals surface area contributed by atoms with Gasteiger partial charge in [-0.2, -0.15) is 5.10 Å². The molecule has 0 saturated carbocycles. The van der Waals surface area contributed by atoms with Crippen molar-refractivity contribution in [1.29, 1.82) is 0 Å². The van der Waals surface area contributed by atoms with Gasteiger partial charge in [-0.1, -0.05) is 0 Å². The van der Waals surface area contributed by atoms with Crippen molar-refractivity contribution in [3.05, 3.63) is 17.0 Å². The number of aryl methyl sites for hydroxylation is 2. The first-order valence-corrected chi connectivity index (χ1v) is 9.80. The zero-order chi connectivity index (χ0) is 17.2. The predicted octanol–water partition coefficient (Wildman–Crippen LogP) is 0.510. The zero-order valence-electron chi connectivity index (χ0n) is 14.3. The van der Waals surface area contributed by atoms with Gasteiger partial charge in [0.1, 0.15) is 0 Å². The van der Waals surface area contributed by atoms with E-state index in [1.165, 1.54) is 0 Å². The Morgan fingerprint density at radius 1 is 1.39 bits per heavy atom. The summed E-state index contributed by atoms with van der Waals surface area (Å²) in [6, 6.07) is -0.176. The molecule has 1 fully saturated rings. The molecular formula is C15H26N4O3S. The number of carbonyl (C=O) groups is 1. The highest BCUT2D eigenvalue weighted by molar-refractivity contribution is 7.88. The minimum Gasteiger partial charge on any atom is -0.341 e. The summed E-state index contributed by atoms with van der Waals surface area (Å²) in [6.45, 7) is 5.12. The van der Waals surface area contributed by atoms with Gasteiger partial charge in [0.05, 0.1) is 11.9 Å². The minimum absolute atomic E-state index is 0.0765. The summed E-state index contributed by atoms with van der Waals surface area (Å²) in [5.41, 5.74) is 3.18. The second-order valence-electron chi connectivity index (χ2n) is 6.34. The van der Waals surface area contributed by atoms with E-state index in [1.54, 1.807) is 4.90 Å². The highest BCUT2D eigenvalue weighted by Crippen LogP contribution is 2.17. The fourth-order valence-electron chi connectivity index (χ4n) is 3.17. The lowest BCUT2D eigenvalue weighted by atomic mass is 10.0. The zero-order valence-corrected chi connectivity index (χ0v) is 15.1. The van der Waals surface area contributed by atoms with Gasteiger partial charge >= 0.3 is 0 Å². The van der Waals surface area contributed by atoms with Crippen LogP contribution in [0.3, 0.4) is 0 Å². The average molecular weight is 342 g/mol. The van der Waals surface area contributed by atoms with Crippen molar-refractivity contribution >= 4 is 15.9 Å². The van der Waals surface area contributed by atoms with Crippen molar-refractivity contribution in [2.45, 2.75) is 45.6 Å². The van der Waals surface area contributed by atoms with E-state index >= 15 is 0 Å². The van der Waals surface area contributed by atoms with Gasteiger partial charge in [-0.3, -0.25) is 9.48 Å². The summed E-state index contributed by atoms with van der Waals surface area (Å²) in [5, 5.41) is 4.37. The summed E-state index contributed by atoms with van der Waals surface area (Å²) < 4.78 is 27.1. The van der Waals surface area contributed by atoms with E-state index in [1.807, 2.05) is 25.6 Å². The van der Waals surface area contributed by atoms with Gasteiger partial charge in [-0.15, -0.1) is 0 Å². The Balaban J connectivity index is 1.92. The molecule has 2 heterocycles. The molecule has 1 aliphatic rings. The van der Waals surface area contributed by atoms with Crippen molar-refractivity contribution in [1.82, 2.24) is 19.4 Å². The molecule has 130 valence electrons. The third kappa shape index (κ3) is 4.78. The molecular weight excluding hydrogens is 316 g/mol. The largest absolute Gasteiger partial charge is 0.341 e. The van der Waals surface area contributed by atoms with Crippen LogP contribution >= 0.6 is 0 Å². The monoisotopic (exact) mass is 342 g/mol. The molecule has 23 heavy (non-hydrogen) atoms. The van der Waals surface area contributed by atoms with Crippen molar-refractivity contribution in [3.63, 3.8) is 0 Å². The molecule has 1 aromatic rings. The maximum absolute atomic E-state index is 12.4. The lowest BCUT2D eigenvalue weighted by molar-refractivity contribution is -0.132. The van der Waals surface area contributed by atoms with E-state index in [9.17, 15) is 13.2 Å². The highest BCUT2D eigenvalue weighted by Gasteiger charge is 2.25. The van der Waals surface area contributed by atoms with Crippen LogP contribution in [0.1, 0.15) is 36.2 Å². The highest BCUT2D eigenvalue weighted by atomic mass is 32.2. The number of piperidine rings is 1. The molecule has 0 unspecified atom stereocenters. The predicted molar refractivity (Wildman–Crippen MR) is 88.6 cm³/mol. The Kier molecular flexibility index (Phi) is 5.46. The van der Waals surface area contributed by atoms with Crippen LogP contribution in [0.15, 0.2) is 0 Å². The summed E-state index contributed by atoms with van der Waals surface area (Å²) in [6.07, 6.45) is 3.85. The Morgan fingerprint density at radius 3 is 2.65 bits per heavy atom. The second kappa shape index (κ2) is 7.00. The molecule has 0 bridgehead atoms. The lowest BCUT2D eigenvalue weighted by Crippen LogP contribution is -2.49. The topological polar surface area (TPSA) is 84.3 Å². The molecule has 0 spiro atoms. The van der Waals surface area contributed by atoms with E-state index in [0.717, 1.165) is 36.0 Å². The summed E-state index contributed by atoms with van der Waals surface area (Å²) in [4.78, 5) is 14.2. The van der Waals surface area contributed by atoms with E-state index in [2.05, 4.69) is 9.82 Å². The minimum atomic E-state index is -3.24. The molecule has 0 aliphatic carbocycles. The molecule has 0 aromatic carbocycles. The van der Waals surface area contributed by atoms with Crippen LogP contribution in [0, 0.1) is 13.8 Å². The number of nitrogens with zero attached hydrogens (tertiary/aromatic N) is 3. The first-order chi connectivity index (χ1) is 10.7. The number of carbonyl (C=O) groups excluding carboxylic acids is 1. The smallest absolute Gasteiger partial charge is 0.222 e. The number of rotatable bonds is 5. The number of hydrogen-bond donors (Lipinski definition) is 1. The van der Waals surface area contributed by atoms with E-state index in [4.69, 9.17) is 0 Å². The van der Waals surface area contributed by atoms with E-state index in [-0.39, 0.29) is 11.9 Å². The Morgan fingerprint density at radius 2 is 2.09 bits per heavy atom. The van der Waals surface area contributed by atoms with Crippen LogP contribution in [-0.2, 0) is 28.3 Å². The standard InChI is InChI=1S/C15H26N4O3S/c1-11-14(12(2)18(3)16-11)7-8-15(20)19-9-5-6-13(10-19)17-23(4,21)22/h13,17H,5-10H2,1-4H3/t13-/m1/s1.